The highest BCUT2D eigenvalue weighted by Crippen LogP contribution is 2.75. The fourth-order valence-corrected chi connectivity index (χ4v) is 3.08. The minimum Gasteiger partial charge on any atom is -0.391 e. The van der Waals surface area contributed by atoms with Gasteiger partial charge in [0.05, 0.1) is 18.1 Å². The number of hydrogen-bond donors (Lipinski definition) is 1. The van der Waals surface area contributed by atoms with Crippen molar-refractivity contribution < 1.29 is 14.6 Å². The number of hydrogen-bond acceptors (Lipinski definition) is 3. The van der Waals surface area contributed by atoms with Crippen LogP contribution in [0.4, 0.5) is 0 Å². The quantitative estimate of drug-likeness (QED) is 0.467. The predicted molar refractivity (Wildman–Crippen MR) is 54.0 cm³/mol. The van der Waals surface area contributed by atoms with Crippen molar-refractivity contribution in [1.82, 2.24) is 0 Å². The summed E-state index contributed by atoms with van der Waals surface area (Å²) in [4.78, 5) is 0. The van der Waals surface area contributed by atoms with E-state index in [1.807, 2.05) is 20.8 Å². The minimum atomic E-state index is -0.480. The second-order valence-corrected chi connectivity index (χ2v) is 5.22. The Hall–Kier alpha value is -0.560. The van der Waals surface area contributed by atoms with Crippen LogP contribution in [-0.2, 0) is 9.47 Å². The highest BCUT2D eigenvalue weighted by Gasteiger charge is 2.95. The van der Waals surface area contributed by atoms with E-state index in [0.29, 0.717) is 0 Å². The topological polar surface area (TPSA) is 42.0 Å². The number of fused-ring (bicyclic) bond motifs is 3. The summed E-state index contributed by atoms with van der Waals surface area (Å²) in [6, 6.07) is 0. The first-order chi connectivity index (χ1) is 6.99. The molecule has 82 valence electrons. The van der Waals surface area contributed by atoms with Gasteiger partial charge in [-0.2, -0.15) is 0 Å². The molecule has 1 spiro atoms. The molecule has 1 aliphatic carbocycles. The highest BCUT2D eigenvalue weighted by molar-refractivity contribution is 5.45. The van der Waals surface area contributed by atoms with Crippen molar-refractivity contribution in [2.24, 2.45) is 11.8 Å². The van der Waals surface area contributed by atoms with E-state index in [-0.39, 0.29) is 29.6 Å². The highest BCUT2D eigenvalue weighted by atomic mass is 16.7. The van der Waals surface area contributed by atoms with E-state index in [1.165, 1.54) is 0 Å². The minimum absolute atomic E-state index is 0.0397. The van der Waals surface area contributed by atoms with Crippen LogP contribution >= 0.6 is 0 Å². The summed E-state index contributed by atoms with van der Waals surface area (Å²) in [5.41, 5.74) is -0.619. The van der Waals surface area contributed by atoms with Crippen LogP contribution in [0.2, 0.25) is 0 Å². The van der Waals surface area contributed by atoms with Gasteiger partial charge in [0.1, 0.15) is 17.3 Å². The molecule has 1 saturated carbocycles. The number of terminal acetylenes is 1. The van der Waals surface area contributed by atoms with Gasteiger partial charge in [0, 0.05) is 5.92 Å². The van der Waals surface area contributed by atoms with Gasteiger partial charge < -0.3 is 14.6 Å². The Labute approximate surface area is 89.8 Å². The van der Waals surface area contributed by atoms with Crippen molar-refractivity contribution in [3.8, 4) is 12.3 Å². The maximum absolute atomic E-state index is 10.2. The molecule has 3 fully saturated rings. The van der Waals surface area contributed by atoms with Gasteiger partial charge in [0.15, 0.2) is 0 Å². The van der Waals surface area contributed by atoms with Gasteiger partial charge in [-0.25, -0.2) is 0 Å². The van der Waals surface area contributed by atoms with E-state index in [2.05, 4.69) is 5.92 Å². The van der Waals surface area contributed by atoms with Crippen molar-refractivity contribution in [3.05, 3.63) is 0 Å². The number of aliphatic hydroxyl groups excluding tert-OH is 1. The van der Waals surface area contributed by atoms with Gasteiger partial charge in [0.2, 0.25) is 0 Å². The first kappa shape index (κ1) is 9.65. The maximum Gasteiger partial charge on any atom is 0.145 e. The van der Waals surface area contributed by atoms with Crippen molar-refractivity contribution in [2.75, 3.05) is 0 Å². The summed E-state index contributed by atoms with van der Waals surface area (Å²) in [6.07, 6.45) is 5.18. The first-order valence-corrected chi connectivity index (χ1v) is 5.49. The lowest BCUT2D eigenvalue weighted by Gasteiger charge is -2.44. The molecule has 3 rings (SSSR count). The molecule has 2 saturated heterocycles. The van der Waals surface area contributed by atoms with Crippen LogP contribution < -0.4 is 0 Å². The molecule has 1 N–H and O–H groups in total. The third kappa shape index (κ3) is 0.816. The van der Waals surface area contributed by atoms with Crippen molar-refractivity contribution in [3.63, 3.8) is 0 Å². The molecule has 3 aliphatic rings. The van der Waals surface area contributed by atoms with Gasteiger partial charge in [-0.05, 0) is 13.8 Å². The monoisotopic (exact) mass is 208 g/mol. The molecule has 0 radical (unpaired) electrons. The largest absolute Gasteiger partial charge is 0.391 e. The van der Waals surface area contributed by atoms with Crippen LogP contribution in [0.3, 0.4) is 0 Å². The molecule has 4 unspecified atom stereocenters. The van der Waals surface area contributed by atoms with Crippen LogP contribution in [0.1, 0.15) is 20.8 Å². The Kier molecular flexibility index (Phi) is 1.54. The molecule has 0 aromatic carbocycles. The van der Waals surface area contributed by atoms with Crippen molar-refractivity contribution in [2.45, 2.75) is 50.3 Å². The third-order valence-electron chi connectivity index (χ3n) is 4.53. The summed E-state index contributed by atoms with van der Waals surface area (Å²) in [6.45, 7) is 5.98. The second kappa shape index (κ2) is 2.40. The number of ether oxygens (including phenoxy) is 2. The van der Waals surface area contributed by atoms with E-state index >= 15 is 0 Å². The van der Waals surface area contributed by atoms with Crippen LogP contribution in [0.15, 0.2) is 0 Å². The molecule has 0 bridgehead atoms. The fraction of sp³-hybridized carbons (Fsp3) is 0.833. The summed E-state index contributed by atoms with van der Waals surface area (Å²) >= 11 is 0. The molecule has 0 amide bonds. The third-order valence-corrected chi connectivity index (χ3v) is 4.53. The van der Waals surface area contributed by atoms with Crippen LogP contribution in [0.5, 0.6) is 0 Å². The average Bonchev–Trinajstić information content (AvgIpc) is 3.01. The molecule has 0 aromatic rings. The molecule has 7 atom stereocenters. The average molecular weight is 208 g/mol. The number of epoxide rings is 1. The Morgan fingerprint density at radius 2 is 1.93 bits per heavy atom. The van der Waals surface area contributed by atoms with Crippen LogP contribution in [-0.4, -0.2) is 34.6 Å². The second-order valence-electron chi connectivity index (χ2n) is 5.22. The van der Waals surface area contributed by atoms with E-state index < -0.39 is 11.7 Å². The van der Waals surface area contributed by atoms with Gasteiger partial charge in [-0.1, -0.05) is 12.8 Å². The van der Waals surface area contributed by atoms with Gasteiger partial charge >= 0.3 is 0 Å². The van der Waals surface area contributed by atoms with Gasteiger partial charge in [-0.3, -0.25) is 0 Å². The maximum atomic E-state index is 10.2. The summed E-state index contributed by atoms with van der Waals surface area (Å²) in [5, 5.41) is 10.2. The van der Waals surface area contributed by atoms with E-state index in [0.717, 1.165) is 0 Å². The number of rotatable bonds is 0. The van der Waals surface area contributed by atoms with Crippen LogP contribution in [0, 0.1) is 24.2 Å². The van der Waals surface area contributed by atoms with E-state index in [4.69, 9.17) is 15.9 Å². The molecule has 3 heteroatoms. The van der Waals surface area contributed by atoms with E-state index in [1.54, 1.807) is 0 Å². The van der Waals surface area contributed by atoms with Gasteiger partial charge in [0.25, 0.3) is 0 Å². The fourth-order valence-electron chi connectivity index (χ4n) is 3.08. The molecular formula is C12H16O3. The van der Waals surface area contributed by atoms with Gasteiger partial charge in [-0.15, -0.1) is 6.42 Å². The zero-order valence-corrected chi connectivity index (χ0v) is 9.23. The summed E-state index contributed by atoms with van der Waals surface area (Å²) in [7, 11) is 0. The van der Waals surface area contributed by atoms with Crippen molar-refractivity contribution in [1.29, 1.82) is 0 Å². The lowest BCUT2D eigenvalue weighted by Crippen LogP contribution is -2.56. The first-order valence-electron chi connectivity index (χ1n) is 5.49. The molecule has 2 heterocycles. The normalized spacial score (nSPS) is 65.9. The molecule has 15 heavy (non-hydrogen) atoms. The van der Waals surface area contributed by atoms with Crippen molar-refractivity contribution >= 4 is 0 Å². The standard InChI is InChI=1S/C12H16O3/c1-5-8-9(13)6(2)7(3)14-12(8)10-11(12,4)15-10/h1,6-10,13H,2-4H3/t6-,7+,8-,9?,10?,11?,12?/m0/s1. The zero-order valence-electron chi connectivity index (χ0n) is 9.23. The lowest BCUT2D eigenvalue weighted by molar-refractivity contribution is -0.218. The molecule has 2 aliphatic heterocycles. The predicted octanol–water partition coefficient (Wildman–Crippen LogP) is 0.561. The zero-order chi connectivity index (χ0) is 11.0. The lowest BCUT2D eigenvalue weighted by atomic mass is 9.79. The Morgan fingerprint density at radius 1 is 1.33 bits per heavy atom. The van der Waals surface area contributed by atoms with Crippen LogP contribution in [0.25, 0.3) is 0 Å². The Morgan fingerprint density at radius 3 is 2.33 bits per heavy atom. The van der Waals surface area contributed by atoms with E-state index in [9.17, 15) is 5.11 Å². The SMILES string of the molecule is C#C[C@H]1C(O)[C@@H](C)[C@@H](C)OC12C1OC12C. The number of aliphatic hydroxyl groups is 1. The molecule has 3 nitrogen and oxygen atoms in total. The summed E-state index contributed by atoms with van der Waals surface area (Å²) < 4.78 is 11.4. The summed E-state index contributed by atoms with van der Waals surface area (Å²) in [5.74, 6) is 2.54. The smallest absolute Gasteiger partial charge is 0.145 e. The molecule has 0 aromatic heterocycles. The Balaban J connectivity index is 1.94. The Bertz CT molecular complexity index is 360. The molecular weight excluding hydrogens is 192 g/mol.